The van der Waals surface area contributed by atoms with Crippen molar-refractivity contribution in [3.63, 3.8) is 0 Å². The first kappa shape index (κ1) is 24.1. The van der Waals surface area contributed by atoms with Gasteiger partial charge in [-0.2, -0.15) is 0 Å². The molecule has 12 heteroatoms. The average Bonchev–Trinajstić information content (AvgIpc) is 3.12. The van der Waals surface area contributed by atoms with Gasteiger partial charge in [-0.3, -0.25) is 19.2 Å². The Labute approximate surface area is 184 Å². The number of aromatic nitrogens is 2. The molecule has 0 saturated carbocycles. The van der Waals surface area contributed by atoms with Crippen molar-refractivity contribution in [1.82, 2.24) is 10.2 Å². The Morgan fingerprint density at radius 1 is 1.27 bits per heavy atom. The number of nitrogens with one attached hydrogen (secondary N) is 1. The minimum absolute atomic E-state index is 0.0747. The Bertz CT molecular complexity index is 1020. The molecule has 2 rings (SSSR count). The van der Waals surface area contributed by atoms with Crippen LogP contribution >= 0.6 is 23.1 Å². The molecule has 2 aromatic rings. The van der Waals surface area contributed by atoms with Crippen LogP contribution in [0.25, 0.3) is 0 Å². The number of amides is 1. The second-order valence-corrected chi connectivity index (χ2v) is 10.5. The largest absolute Gasteiger partial charge is 0.468 e. The minimum atomic E-state index is -3.73. The first-order valence-corrected chi connectivity index (χ1v) is 12.6. The summed E-state index contributed by atoms with van der Waals surface area (Å²) in [6.45, 7) is 5.55. The van der Waals surface area contributed by atoms with Crippen LogP contribution in [0.1, 0.15) is 24.5 Å². The van der Waals surface area contributed by atoms with E-state index in [1.165, 1.54) is 7.11 Å². The SMILES string of the molecule is CC[C@@H](C(=O)Nc1nnc(SCC(=O)OC)s1)N(c1ccc(C)c(C)c1)S(C)(=O)=O. The highest BCUT2D eigenvalue weighted by Gasteiger charge is 2.32. The molecule has 30 heavy (non-hydrogen) atoms. The van der Waals surface area contributed by atoms with Gasteiger partial charge in [0.15, 0.2) is 4.34 Å². The number of hydrogen-bond donors (Lipinski definition) is 1. The second-order valence-electron chi connectivity index (χ2n) is 6.48. The number of aryl methyl sites for hydroxylation is 2. The first-order chi connectivity index (χ1) is 14.1. The lowest BCUT2D eigenvalue weighted by Crippen LogP contribution is -2.47. The summed E-state index contributed by atoms with van der Waals surface area (Å²) in [7, 11) is -2.43. The zero-order valence-electron chi connectivity index (χ0n) is 17.3. The third-order valence-corrected chi connectivity index (χ3v) is 7.38. The number of hydrogen-bond acceptors (Lipinski definition) is 9. The number of rotatable bonds is 9. The number of sulfonamides is 1. The van der Waals surface area contributed by atoms with Crippen LogP contribution in [-0.2, 0) is 24.3 Å². The predicted molar refractivity (Wildman–Crippen MR) is 119 cm³/mol. The lowest BCUT2D eigenvalue weighted by molar-refractivity contribution is -0.137. The Kier molecular flexibility index (Phi) is 8.21. The Morgan fingerprint density at radius 3 is 2.53 bits per heavy atom. The van der Waals surface area contributed by atoms with E-state index in [-0.39, 0.29) is 17.3 Å². The summed E-state index contributed by atoms with van der Waals surface area (Å²) in [6, 6.07) is 4.30. The average molecular weight is 473 g/mol. The van der Waals surface area contributed by atoms with Gasteiger partial charge in [-0.15, -0.1) is 10.2 Å². The molecule has 1 aromatic carbocycles. The summed E-state index contributed by atoms with van der Waals surface area (Å²) in [5.41, 5.74) is 2.37. The van der Waals surface area contributed by atoms with Crippen LogP contribution in [0.5, 0.6) is 0 Å². The fourth-order valence-electron chi connectivity index (χ4n) is 2.61. The van der Waals surface area contributed by atoms with E-state index in [4.69, 9.17) is 0 Å². The molecule has 0 aliphatic carbocycles. The monoisotopic (exact) mass is 472 g/mol. The maximum Gasteiger partial charge on any atom is 0.316 e. The van der Waals surface area contributed by atoms with E-state index >= 15 is 0 Å². The Morgan fingerprint density at radius 2 is 1.97 bits per heavy atom. The van der Waals surface area contributed by atoms with Crippen molar-refractivity contribution in [3.8, 4) is 0 Å². The fraction of sp³-hybridized carbons (Fsp3) is 0.444. The molecule has 0 unspecified atom stereocenters. The third kappa shape index (κ3) is 6.16. The van der Waals surface area contributed by atoms with Crippen LogP contribution in [0.3, 0.4) is 0 Å². The summed E-state index contributed by atoms with van der Waals surface area (Å²) in [6.07, 6.45) is 1.33. The van der Waals surface area contributed by atoms with Gasteiger partial charge in [-0.1, -0.05) is 36.1 Å². The number of carbonyl (C=O) groups is 2. The highest BCUT2D eigenvalue weighted by molar-refractivity contribution is 8.01. The molecule has 164 valence electrons. The molecule has 0 spiro atoms. The zero-order valence-corrected chi connectivity index (χ0v) is 19.8. The summed E-state index contributed by atoms with van der Waals surface area (Å²) in [5, 5.41) is 10.7. The van der Waals surface area contributed by atoms with E-state index < -0.39 is 27.9 Å². The number of benzene rings is 1. The van der Waals surface area contributed by atoms with Crippen molar-refractivity contribution in [1.29, 1.82) is 0 Å². The van der Waals surface area contributed by atoms with Crippen molar-refractivity contribution in [3.05, 3.63) is 29.3 Å². The van der Waals surface area contributed by atoms with Crippen molar-refractivity contribution in [2.24, 2.45) is 0 Å². The predicted octanol–water partition coefficient (Wildman–Crippen LogP) is 2.60. The van der Waals surface area contributed by atoms with Gasteiger partial charge >= 0.3 is 5.97 Å². The van der Waals surface area contributed by atoms with Gasteiger partial charge in [0.2, 0.25) is 21.1 Å². The van der Waals surface area contributed by atoms with E-state index in [1.54, 1.807) is 19.1 Å². The number of thioether (sulfide) groups is 1. The van der Waals surface area contributed by atoms with Crippen LogP contribution < -0.4 is 9.62 Å². The molecular formula is C18H24N4O5S3. The topological polar surface area (TPSA) is 119 Å². The normalized spacial score (nSPS) is 12.3. The molecule has 0 bridgehead atoms. The van der Waals surface area contributed by atoms with E-state index in [0.29, 0.717) is 10.0 Å². The Balaban J connectivity index is 2.23. The third-order valence-electron chi connectivity index (χ3n) is 4.25. The molecule has 1 atom stereocenters. The van der Waals surface area contributed by atoms with Gasteiger partial charge < -0.3 is 4.74 Å². The molecule has 9 nitrogen and oxygen atoms in total. The zero-order chi connectivity index (χ0) is 22.5. The van der Waals surface area contributed by atoms with Crippen LogP contribution in [0, 0.1) is 13.8 Å². The van der Waals surface area contributed by atoms with Crippen LogP contribution in [-0.4, -0.2) is 55.7 Å². The Hall–Kier alpha value is -2.18. The summed E-state index contributed by atoms with van der Waals surface area (Å²) in [4.78, 5) is 24.1. The highest BCUT2D eigenvalue weighted by Crippen LogP contribution is 2.28. The molecule has 0 aliphatic heterocycles. The highest BCUT2D eigenvalue weighted by atomic mass is 32.2. The van der Waals surface area contributed by atoms with E-state index in [9.17, 15) is 18.0 Å². The molecule has 0 radical (unpaired) electrons. The van der Waals surface area contributed by atoms with Gasteiger partial charge in [0.25, 0.3) is 0 Å². The molecule has 1 amide bonds. The van der Waals surface area contributed by atoms with Crippen molar-refractivity contribution in [2.75, 3.05) is 28.7 Å². The number of methoxy groups -OCH3 is 1. The van der Waals surface area contributed by atoms with E-state index in [1.807, 2.05) is 19.9 Å². The lowest BCUT2D eigenvalue weighted by atomic mass is 10.1. The summed E-state index contributed by atoms with van der Waals surface area (Å²) < 4.78 is 31.3. The molecule has 0 fully saturated rings. The van der Waals surface area contributed by atoms with Gasteiger partial charge in [0.1, 0.15) is 6.04 Å². The smallest absolute Gasteiger partial charge is 0.316 e. The molecule has 1 heterocycles. The van der Waals surface area contributed by atoms with Crippen molar-refractivity contribution in [2.45, 2.75) is 37.6 Å². The molecule has 1 N–H and O–H groups in total. The maximum absolute atomic E-state index is 12.9. The van der Waals surface area contributed by atoms with Crippen LogP contribution in [0.4, 0.5) is 10.8 Å². The number of nitrogens with zero attached hydrogens (tertiary/aromatic N) is 3. The van der Waals surface area contributed by atoms with Crippen molar-refractivity contribution >= 4 is 55.8 Å². The molecular weight excluding hydrogens is 448 g/mol. The van der Waals surface area contributed by atoms with Gasteiger partial charge in [0.05, 0.1) is 24.8 Å². The van der Waals surface area contributed by atoms with E-state index in [2.05, 4.69) is 20.3 Å². The molecule has 1 aromatic heterocycles. The van der Waals surface area contributed by atoms with Crippen LogP contribution in [0.2, 0.25) is 0 Å². The fourth-order valence-corrected chi connectivity index (χ4v) is 5.40. The number of esters is 1. The van der Waals surface area contributed by atoms with Gasteiger partial charge in [-0.25, -0.2) is 8.42 Å². The summed E-state index contributed by atoms with van der Waals surface area (Å²) in [5.74, 6) is -0.837. The van der Waals surface area contributed by atoms with Crippen LogP contribution in [0.15, 0.2) is 22.5 Å². The minimum Gasteiger partial charge on any atom is -0.468 e. The van der Waals surface area contributed by atoms with Crippen molar-refractivity contribution < 1.29 is 22.7 Å². The second kappa shape index (κ2) is 10.2. The maximum atomic E-state index is 12.9. The molecule has 0 saturated heterocycles. The van der Waals surface area contributed by atoms with E-state index in [0.717, 1.165) is 44.8 Å². The van der Waals surface area contributed by atoms with Gasteiger partial charge in [0, 0.05) is 0 Å². The number of carbonyl (C=O) groups excluding carboxylic acids is 2. The number of ether oxygens (including phenoxy) is 1. The first-order valence-electron chi connectivity index (χ1n) is 8.97. The molecule has 0 aliphatic rings. The standard InChI is InChI=1S/C18H24N4O5S3/c1-6-14(22(30(5,25)26)13-8-7-11(2)12(3)9-13)16(24)19-17-20-21-18(29-17)28-10-15(23)27-4/h7-9,14H,6,10H2,1-5H3,(H,19,20,24)/t14-/m0/s1. The summed E-state index contributed by atoms with van der Waals surface area (Å²) >= 11 is 2.23. The van der Waals surface area contributed by atoms with Gasteiger partial charge in [-0.05, 0) is 43.5 Å². The lowest BCUT2D eigenvalue weighted by Gasteiger charge is -2.30. The number of anilines is 2. The quantitative estimate of drug-likeness (QED) is 0.336.